The van der Waals surface area contributed by atoms with Crippen molar-refractivity contribution in [3.05, 3.63) is 58.6 Å². The van der Waals surface area contributed by atoms with Crippen molar-refractivity contribution in [3.63, 3.8) is 0 Å². The molecule has 1 fully saturated rings. The van der Waals surface area contributed by atoms with E-state index in [0.717, 1.165) is 73.7 Å². The molecule has 3 rings (SSSR count). The van der Waals surface area contributed by atoms with Crippen LogP contribution in [0.1, 0.15) is 17.5 Å². The monoisotopic (exact) mass is 460 g/mol. The van der Waals surface area contributed by atoms with E-state index in [4.69, 9.17) is 28.6 Å². The van der Waals surface area contributed by atoms with Gasteiger partial charge in [-0.2, -0.15) is 0 Å². The van der Waals surface area contributed by atoms with Gasteiger partial charge in [0, 0.05) is 63.2 Å². The Kier molecular flexibility index (Phi) is 8.96. The second-order valence-corrected chi connectivity index (χ2v) is 8.93. The fourth-order valence-corrected chi connectivity index (χ4v) is 4.06. The van der Waals surface area contributed by atoms with Crippen LogP contribution in [-0.2, 0) is 11.3 Å². The van der Waals surface area contributed by atoms with Gasteiger partial charge in [0.05, 0.1) is 13.2 Å². The van der Waals surface area contributed by atoms with Crippen molar-refractivity contribution in [2.75, 3.05) is 63.7 Å². The topological polar surface area (TPSA) is 31.0 Å². The normalized spacial score (nSPS) is 14.3. The van der Waals surface area contributed by atoms with E-state index in [9.17, 15) is 0 Å². The van der Waals surface area contributed by atoms with Crippen molar-refractivity contribution in [2.24, 2.45) is 0 Å². The van der Waals surface area contributed by atoms with E-state index in [1.807, 2.05) is 25.1 Å². The third-order valence-electron chi connectivity index (χ3n) is 5.63. The number of hydrogen-bond donors (Lipinski definition) is 1. The average Bonchev–Trinajstić information content (AvgIpc) is 2.77. The first-order valence-electron chi connectivity index (χ1n) is 10.8. The summed E-state index contributed by atoms with van der Waals surface area (Å²) in [6.07, 6.45) is 1.05. The van der Waals surface area contributed by atoms with E-state index in [0.29, 0.717) is 0 Å². The Morgan fingerprint density at radius 1 is 1.13 bits per heavy atom. The Hall–Kier alpha value is -1.86. The van der Waals surface area contributed by atoms with Crippen LogP contribution in [-0.4, -0.2) is 68.4 Å². The van der Waals surface area contributed by atoms with Crippen LogP contribution in [0.25, 0.3) is 0 Å². The summed E-state index contributed by atoms with van der Waals surface area (Å²) >= 11 is 12.1. The molecule has 0 bridgehead atoms. The summed E-state index contributed by atoms with van der Waals surface area (Å²) in [6, 6.07) is 14.5. The Morgan fingerprint density at radius 2 is 1.84 bits per heavy atom. The van der Waals surface area contributed by atoms with Crippen LogP contribution in [0.3, 0.4) is 0 Å². The number of nitrogens with zero attached hydrogens (tertiary/aromatic N) is 3. The van der Waals surface area contributed by atoms with E-state index in [2.05, 4.69) is 58.4 Å². The van der Waals surface area contributed by atoms with Crippen LogP contribution in [0.5, 0.6) is 0 Å². The fraction of sp³-hybridized carbons (Fsp3) is 0.458. The summed E-state index contributed by atoms with van der Waals surface area (Å²) in [7, 11) is 4.11. The Morgan fingerprint density at radius 3 is 2.52 bits per heavy atom. The number of thiocarbonyl (C=S) groups is 1. The van der Waals surface area contributed by atoms with Crippen molar-refractivity contribution in [1.82, 2.24) is 9.80 Å². The second kappa shape index (κ2) is 11.7. The number of benzene rings is 2. The highest BCUT2D eigenvalue weighted by Gasteiger charge is 2.15. The van der Waals surface area contributed by atoms with E-state index < -0.39 is 0 Å². The molecule has 31 heavy (non-hydrogen) atoms. The molecular formula is C24H33ClN4OS. The van der Waals surface area contributed by atoms with E-state index >= 15 is 0 Å². The molecule has 0 radical (unpaired) electrons. The molecule has 1 aliphatic rings. The summed E-state index contributed by atoms with van der Waals surface area (Å²) in [5.41, 5.74) is 4.40. The molecular weight excluding hydrogens is 428 g/mol. The zero-order chi connectivity index (χ0) is 22.2. The van der Waals surface area contributed by atoms with Crippen molar-refractivity contribution in [2.45, 2.75) is 19.9 Å². The van der Waals surface area contributed by atoms with Gasteiger partial charge in [0.25, 0.3) is 0 Å². The lowest BCUT2D eigenvalue weighted by Crippen LogP contribution is -2.40. The molecule has 1 aliphatic heterocycles. The molecule has 1 N–H and O–H groups in total. The van der Waals surface area contributed by atoms with Gasteiger partial charge >= 0.3 is 0 Å². The Balaban J connectivity index is 1.67. The lowest BCUT2D eigenvalue weighted by Gasteiger charge is -2.30. The first-order valence-corrected chi connectivity index (χ1v) is 11.6. The van der Waals surface area contributed by atoms with Crippen LogP contribution in [0.4, 0.5) is 11.4 Å². The minimum absolute atomic E-state index is 0.726. The summed E-state index contributed by atoms with van der Waals surface area (Å²) in [5.74, 6) is 0. The number of morpholine rings is 1. The molecule has 0 unspecified atom stereocenters. The molecule has 0 atom stereocenters. The van der Waals surface area contributed by atoms with Gasteiger partial charge in [-0.1, -0.05) is 29.8 Å². The first kappa shape index (κ1) is 23.8. The minimum Gasteiger partial charge on any atom is -0.379 e. The molecule has 7 heteroatoms. The van der Waals surface area contributed by atoms with Crippen molar-refractivity contribution >= 4 is 40.3 Å². The third-order valence-corrected chi connectivity index (χ3v) is 6.40. The highest BCUT2D eigenvalue weighted by atomic mass is 35.5. The molecule has 168 valence electrons. The van der Waals surface area contributed by atoms with E-state index in [1.165, 1.54) is 11.3 Å². The molecule has 1 saturated heterocycles. The van der Waals surface area contributed by atoms with Gasteiger partial charge in [0.2, 0.25) is 0 Å². The predicted molar refractivity (Wildman–Crippen MR) is 135 cm³/mol. The summed E-state index contributed by atoms with van der Waals surface area (Å²) in [5, 5.41) is 4.89. The fourth-order valence-electron chi connectivity index (χ4n) is 3.62. The van der Waals surface area contributed by atoms with Gasteiger partial charge < -0.3 is 19.9 Å². The van der Waals surface area contributed by atoms with Crippen LogP contribution in [0.2, 0.25) is 5.02 Å². The van der Waals surface area contributed by atoms with Gasteiger partial charge in [0.15, 0.2) is 5.11 Å². The lowest BCUT2D eigenvalue weighted by atomic mass is 10.2. The Bertz CT molecular complexity index is 853. The van der Waals surface area contributed by atoms with Gasteiger partial charge in [-0.05, 0) is 61.0 Å². The largest absolute Gasteiger partial charge is 0.379 e. The number of halogens is 1. The smallest absolute Gasteiger partial charge is 0.173 e. The average molecular weight is 461 g/mol. The number of anilines is 2. The third kappa shape index (κ3) is 7.07. The van der Waals surface area contributed by atoms with Crippen molar-refractivity contribution in [3.8, 4) is 0 Å². The molecule has 0 spiro atoms. The quantitative estimate of drug-likeness (QED) is 0.578. The van der Waals surface area contributed by atoms with Gasteiger partial charge in [0.1, 0.15) is 0 Å². The minimum atomic E-state index is 0.726. The lowest BCUT2D eigenvalue weighted by molar-refractivity contribution is 0.0368. The molecule has 2 aromatic carbocycles. The highest BCUT2D eigenvalue weighted by Crippen LogP contribution is 2.23. The van der Waals surface area contributed by atoms with Crippen molar-refractivity contribution in [1.29, 1.82) is 0 Å². The van der Waals surface area contributed by atoms with Crippen LogP contribution in [0, 0.1) is 6.92 Å². The van der Waals surface area contributed by atoms with E-state index in [1.54, 1.807) is 0 Å². The summed E-state index contributed by atoms with van der Waals surface area (Å²) < 4.78 is 5.46. The maximum atomic E-state index is 6.30. The van der Waals surface area contributed by atoms with Gasteiger partial charge in [-0.3, -0.25) is 4.90 Å². The predicted octanol–water partition coefficient (Wildman–Crippen LogP) is 4.64. The van der Waals surface area contributed by atoms with Gasteiger partial charge in [-0.25, -0.2) is 0 Å². The molecule has 0 aliphatic carbocycles. The SMILES string of the molecule is Cc1c(Cl)cccc1NC(=S)N(CCCN1CCOCC1)Cc1ccc(N(C)C)cc1. The molecule has 1 heterocycles. The first-order chi connectivity index (χ1) is 14.9. The Labute approximate surface area is 196 Å². The summed E-state index contributed by atoms with van der Waals surface area (Å²) in [4.78, 5) is 6.82. The van der Waals surface area contributed by atoms with Gasteiger partial charge in [-0.15, -0.1) is 0 Å². The zero-order valence-corrected chi connectivity index (χ0v) is 20.3. The number of rotatable bonds is 8. The molecule has 0 saturated carbocycles. The molecule has 2 aromatic rings. The molecule has 0 amide bonds. The standard InChI is InChI=1S/C24H33ClN4OS/c1-19-22(25)6-4-7-23(19)26-24(31)29(13-5-12-28-14-16-30-17-15-28)18-20-8-10-21(11-9-20)27(2)3/h4,6-11H,5,12-18H2,1-3H3,(H,26,31). The second-order valence-electron chi connectivity index (χ2n) is 8.13. The maximum Gasteiger partial charge on any atom is 0.173 e. The maximum absolute atomic E-state index is 6.30. The van der Waals surface area contributed by atoms with Crippen LogP contribution in [0.15, 0.2) is 42.5 Å². The number of hydrogen-bond acceptors (Lipinski definition) is 4. The molecule has 0 aromatic heterocycles. The highest BCUT2D eigenvalue weighted by molar-refractivity contribution is 7.80. The van der Waals surface area contributed by atoms with E-state index in [-0.39, 0.29) is 0 Å². The van der Waals surface area contributed by atoms with Crippen LogP contribution < -0.4 is 10.2 Å². The summed E-state index contributed by atoms with van der Waals surface area (Å²) in [6.45, 7) is 8.40. The van der Waals surface area contributed by atoms with Crippen LogP contribution >= 0.6 is 23.8 Å². The van der Waals surface area contributed by atoms with Crippen molar-refractivity contribution < 1.29 is 4.74 Å². The molecule has 5 nitrogen and oxygen atoms in total. The number of ether oxygens (including phenoxy) is 1. The number of nitrogens with one attached hydrogen (secondary N) is 1. The zero-order valence-electron chi connectivity index (χ0n) is 18.7.